The van der Waals surface area contributed by atoms with Crippen molar-refractivity contribution in [3.8, 4) is 0 Å². The molecule has 4 atom stereocenters. The number of rotatable bonds is 10. The van der Waals surface area contributed by atoms with E-state index in [0.717, 1.165) is 22.3 Å². The molecule has 0 aliphatic heterocycles. The van der Waals surface area contributed by atoms with Gasteiger partial charge in [-0.2, -0.15) is 0 Å². The molecule has 0 N–H and O–H groups in total. The lowest BCUT2D eigenvalue weighted by Crippen LogP contribution is -2.54. The summed E-state index contributed by atoms with van der Waals surface area (Å²) in [5.74, 6) is -0.671. The maximum absolute atomic E-state index is 13.8. The number of ether oxygens (including phenoxy) is 3. The Kier molecular flexibility index (Phi) is 8.71. The molecule has 0 bridgehead atoms. The van der Waals surface area contributed by atoms with Crippen LogP contribution in [0.4, 0.5) is 4.39 Å². The zero-order valence-corrected chi connectivity index (χ0v) is 21.1. The van der Waals surface area contributed by atoms with Gasteiger partial charge >= 0.3 is 0 Å². The van der Waals surface area contributed by atoms with Crippen LogP contribution in [0.15, 0.2) is 115 Å². The maximum atomic E-state index is 13.8. The zero-order valence-electron chi connectivity index (χ0n) is 21.1. The Morgan fingerprint density at radius 2 is 1.03 bits per heavy atom. The van der Waals surface area contributed by atoms with Crippen molar-refractivity contribution in [2.24, 2.45) is 0 Å². The summed E-state index contributed by atoms with van der Waals surface area (Å²) < 4.78 is 33.0. The molecule has 0 heterocycles. The number of ketones is 1. The highest BCUT2D eigenvalue weighted by molar-refractivity contribution is 5.86. The van der Waals surface area contributed by atoms with Crippen LogP contribution in [0.3, 0.4) is 0 Å². The third kappa shape index (κ3) is 6.62. The summed E-state index contributed by atoms with van der Waals surface area (Å²) in [7, 11) is 0. The van der Waals surface area contributed by atoms with Gasteiger partial charge < -0.3 is 14.2 Å². The number of halogens is 1. The van der Waals surface area contributed by atoms with Crippen molar-refractivity contribution >= 4 is 5.78 Å². The fourth-order valence-electron chi connectivity index (χ4n) is 4.93. The van der Waals surface area contributed by atoms with Gasteiger partial charge in [0.05, 0.1) is 25.9 Å². The highest BCUT2D eigenvalue weighted by Crippen LogP contribution is 2.38. The largest absolute Gasteiger partial charge is 0.370 e. The molecule has 1 aliphatic rings. The van der Waals surface area contributed by atoms with Crippen LogP contribution in [0.1, 0.15) is 34.6 Å². The molecule has 5 rings (SSSR count). The molecule has 1 saturated carbocycles. The molecular weight excluding hydrogens is 479 g/mol. The molecule has 194 valence electrons. The van der Waals surface area contributed by atoms with Gasteiger partial charge in [-0.3, -0.25) is 4.79 Å². The van der Waals surface area contributed by atoms with Gasteiger partial charge in [0, 0.05) is 12.3 Å². The Balaban J connectivity index is 1.45. The van der Waals surface area contributed by atoms with Gasteiger partial charge in [0.15, 0.2) is 5.78 Å². The molecule has 0 spiro atoms. The van der Waals surface area contributed by atoms with Crippen LogP contribution in [0.25, 0.3) is 0 Å². The maximum Gasteiger partial charge on any atom is 0.165 e. The van der Waals surface area contributed by atoms with Crippen LogP contribution in [0, 0.1) is 5.82 Å². The number of hydrogen-bond donors (Lipinski definition) is 0. The molecule has 0 amide bonds. The van der Waals surface area contributed by atoms with Gasteiger partial charge in [-0.1, -0.05) is 103 Å². The Morgan fingerprint density at radius 3 is 1.53 bits per heavy atom. The highest BCUT2D eigenvalue weighted by Gasteiger charge is 2.47. The highest BCUT2D eigenvalue weighted by atomic mass is 19.1. The lowest BCUT2D eigenvalue weighted by molar-refractivity contribution is -0.183. The van der Waals surface area contributed by atoms with E-state index in [4.69, 9.17) is 14.2 Å². The van der Waals surface area contributed by atoms with E-state index in [1.807, 2.05) is 91.0 Å². The predicted octanol–water partition coefficient (Wildman–Crippen LogP) is 6.64. The molecule has 0 aromatic heterocycles. The fourth-order valence-corrected chi connectivity index (χ4v) is 4.93. The average Bonchev–Trinajstić information content (AvgIpc) is 2.96. The Hall–Kier alpha value is -3.64. The minimum Gasteiger partial charge on any atom is -0.370 e. The van der Waals surface area contributed by atoms with Crippen molar-refractivity contribution in [2.75, 3.05) is 0 Å². The summed E-state index contributed by atoms with van der Waals surface area (Å²) in [5.41, 5.74) is 3.83. The van der Waals surface area contributed by atoms with E-state index in [2.05, 4.69) is 0 Å². The number of benzene rings is 4. The first-order valence-electron chi connectivity index (χ1n) is 12.9. The Labute approximate surface area is 223 Å². The van der Waals surface area contributed by atoms with Gasteiger partial charge in [-0.15, -0.1) is 0 Å². The summed E-state index contributed by atoms with van der Waals surface area (Å²) in [6, 6.07) is 35.8. The molecule has 38 heavy (non-hydrogen) atoms. The molecule has 1 fully saturated rings. The molecule has 4 nitrogen and oxygen atoms in total. The first kappa shape index (κ1) is 26.0. The molecule has 4 aromatic carbocycles. The van der Waals surface area contributed by atoms with Crippen molar-refractivity contribution in [3.05, 3.63) is 143 Å². The smallest absolute Gasteiger partial charge is 0.165 e. The topological polar surface area (TPSA) is 44.8 Å². The third-order valence-corrected chi connectivity index (χ3v) is 6.90. The summed E-state index contributed by atoms with van der Waals surface area (Å²) in [5, 5.41) is 0. The van der Waals surface area contributed by atoms with Gasteiger partial charge in [0.2, 0.25) is 0 Å². The standard InChI is InChI=1S/C33H31FO4/c34-28-18-16-27(17-19-28)29-20-30(35)32(37-22-25-12-6-2-7-13-25)33(38-23-26-14-8-3-9-15-26)31(29)36-21-24-10-4-1-5-11-24/h1-19,29,31-33H,20-23H2/t29-,31-,32+,33+/m0/s1. The van der Waals surface area contributed by atoms with E-state index in [0.29, 0.717) is 13.2 Å². The molecule has 5 heteroatoms. The molecule has 1 aliphatic carbocycles. The van der Waals surface area contributed by atoms with Crippen molar-refractivity contribution in [1.29, 1.82) is 0 Å². The van der Waals surface area contributed by atoms with E-state index in [1.165, 1.54) is 12.1 Å². The van der Waals surface area contributed by atoms with Crippen molar-refractivity contribution in [1.82, 2.24) is 0 Å². The second kappa shape index (κ2) is 12.7. The first-order valence-corrected chi connectivity index (χ1v) is 12.9. The van der Waals surface area contributed by atoms with E-state index in [-0.39, 0.29) is 30.5 Å². The Bertz CT molecular complexity index is 1280. The van der Waals surface area contributed by atoms with E-state index in [1.54, 1.807) is 12.1 Å². The van der Waals surface area contributed by atoms with Crippen LogP contribution < -0.4 is 0 Å². The van der Waals surface area contributed by atoms with Gasteiger partial charge in [-0.25, -0.2) is 4.39 Å². The fraction of sp³-hybridized carbons (Fsp3) is 0.242. The molecule has 0 saturated heterocycles. The summed E-state index contributed by atoms with van der Waals surface area (Å²) in [6.45, 7) is 0.953. The van der Waals surface area contributed by atoms with Crippen LogP contribution in [0.2, 0.25) is 0 Å². The monoisotopic (exact) mass is 510 g/mol. The molecule has 0 radical (unpaired) electrons. The second-order valence-corrected chi connectivity index (χ2v) is 9.57. The third-order valence-electron chi connectivity index (χ3n) is 6.90. The van der Waals surface area contributed by atoms with Crippen LogP contribution >= 0.6 is 0 Å². The van der Waals surface area contributed by atoms with Crippen molar-refractivity contribution in [3.63, 3.8) is 0 Å². The predicted molar refractivity (Wildman–Crippen MR) is 144 cm³/mol. The van der Waals surface area contributed by atoms with E-state index >= 15 is 0 Å². The number of carbonyl (C=O) groups excluding carboxylic acids is 1. The Morgan fingerprint density at radius 1 is 0.579 bits per heavy atom. The lowest BCUT2D eigenvalue weighted by Gasteiger charge is -2.41. The summed E-state index contributed by atoms with van der Waals surface area (Å²) >= 11 is 0. The zero-order chi connectivity index (χ0) is 26.2. The minimum atomic E-state index is -0.795. The molecule has 4 aromatic rings. The van der Waals surface area contributed by atoms with Gasteiger partial charge in [0.1, 0.15) is 18.0 Å². The van der Waals surface area contributed by atoms with Crippen molar-refractivity contribution in [2.45, 2.75) is 50.5 Å². The first-order chi connectivity index (χ1) is 18.7. The normalized spacial score (nSPS) is 21.3. The van der Waals surface area contributed by atoms with Crippen LogP contribution in [-0.2, 0) is 38.8 Å². The summed E-state index contributed by atoms with van der Waals surface area (Å²) in [4.78, 5) is 13.6. The average molecular weight is 511 g/mol. The quantitative estimate of drug-likeness (QED) is 0.240. The van der Waals surface area contributed by atoms with Crippen molar-refractivity contribution < 1.29 is 23.4 Å². The van der Waals surface area contributed by atoms with E-state index in [9.17, 15) is 9.18 Å². The molecule has 0 unspecified atom stereocenters. The van der Waals surface area contributed by atoms with Crippen LogP contribution in [-0.4, -0.2) is 24.1 Å². The number of Topliss-reactive ketones (excluding diaryl/α,β-unsaturated/α-hetero) is 1. The van der Waals surface area contributed by atoms with Crippen LogP contribution in [0.5, 0.6) is 0 Å². The second-order valence-electron chi connectivity index (χ2n) is 9.57. The SMILES string of the molecule is O=C1C[C@@H](c2ccc(F)cc2)[C@H](OCc2ccccc2)[C@@H](OCc2ccccc2)[C@@H]1OCc1ccccc1. The summed E-state index contributed by atoms with van der Waals surface area (Å²) in [6.07, 6.45) is -1.71. The molecular formula is C33H31FO4. The van der Waals surface area contributed by atoms with E-state index < -0.39 is 18.3 Å². The lowest BCUT2D eigenvalue weighted by atomic mass is 9.77. The number of hydrogen-bond acceptors (Lipinski definition) is 4. The minimum absolute atomic E-state index is 0.0483. The van der Waals surface area contributed by atoms with Gasteiger partial charge in [0.25, 0.3) is 0 Å². The number of carbonyl (C=O) groups is 1. The van der Waals surface area contributed by atoms with Gasteiger partial charge in [-0.05, 0) is 34.4 Å².